The number of amides is 2. The van der Waals surface area contributed by atoms with Crippen LogP contribution in [0.2, 0.25) is 0 Å². The van der Waals surface area contributed by atoms with Crippen LogP contribution in [0.1, 0.15) is 98.8 Å². The Kier molecular flexibility index (Phi) is 21.2. The molecule has 8 N–H and O–H groups in total. The highest BCUT2D eigenvalue weighted by molar-refractivity contribution is 5.85. The Morgan fingerprint density at radius 1 is 0.541 bits per heavy atom. The Labute approximate surface area is 431 Å². The molecule has 4 aromatic carbocycles. The van der Waals surface area contributed by atoms with E-state index in [0.29, 0.717) is 22.3 Å². The largest absolute Gasteiger partial charge is 0.465 e. The van der Waals surface area contributed by atoms with Crippen LogP contribution in [-0.4, -0.2) is 108 Å². The summed E-state index contributed by atoms with van der Waals surface area (Å²) in [5.74, 6) is -4.38. The van der Waals surface area contributed by atoms with Crippen LogP contribution in [0.25, 0.3) is 0 Å². The van der Waals surface area contributed by atoms with E-state index in [2.05, 4.69) is 10.6 Å². The van der Waals surface area contributed by atoms with Gasteiger partial charge in [0.05, 0.1) is 38.5 Å². The highest BCUT2D eigenvalue weighted by Gasteiger charge is 2.45. The standard InChI is InChI=1S/C56H70N4O14/c1-33(2)45(57)55(67)69-27-15-25-43(61)73-41-29-37-21-11-13-23-39(37)47(41)59-53(65)51(71-31-35-17-7-5-8-18-35)49(63)50(64)52(72-32-36-19-9-6-10-20-36)54(66)60-48-40-24-14-12-22-38(40)30-42(48)74-44(62)26-16-28-70-56(68)46(58)34(3)4/h5-14,17-24,33-34,41-42,45-52,63-64H,15-16,25-32,57-58H2,1-4H3,(H,59,65)(H,60,66)/t41?,42?,45-,46-,47?,48?,49?,50?,51?,52?/m0/s1. The van der Waals surface area contributed by atoms with Gasteiger partial charge in [0.15, 0.2) is 12.2 Å². The number of nitrogens with two attached hydrogens (primary N) is 2. The quantitative estimate of drug-likeness (QED) is 0.0278. The number of ether oxygens (including phenoxy) is 6. The van der Waals surface area contributed by atoms with Gasteiger partial charge in [-0.25, -0.2) is 0 Å². The molecule has 74 heavy (non-hydrogen) atoms. The van der Waals surface area contributed by atoms with Crippen molar-refractivity contribution in [1.82, 2.24) is 10.6 Å². The highest BCUT2D eigenvalue weighted by Crippen LogP contribution is 2.36. The lowest BCUT2D eigenvalue weighted by molar-refractivity contribution is -0.172. The van der Waals surface area contributed by atoms with Crippen molar-refractivity contribution < 1.29 is 67.4 Å². The maximum absolute atomic E-state index is 14.7. The summed E-state index contributed by atoms with van der Waals surface area (Å²) in [4.78, 5) is 80.3. The fraction of sp³-hybridized carbons (Fsp3) is 0.464. The summed E-state index contributed by atoms with van der Waals surface area (Å²) in [7, 11) is 0. The van der Waals surface area contributed by atoms with Gasteiger partial charge in [0.1, 0.15) is 36.5 Å². The number of hydrogen-bond donors (Lipinski definition) is 6. The lowest BCUT2D eigenvalue weighted by atomic mass is 9.99. The zero-order valence-corrected chi connectivity index (χ0v) is 42.3. The fourth-order valence-corrected chi connectivity index (χ4v) is 8.66. The monoisotopic (exact) mass is 1020 g/mol. The van der Waals surface area contributed by atoms with Crippen LogP contribution in [0.4, 0.5) is 0 Å². The van der Waals surface area contributed by atoms with Crippen molar-refractivity contribution >= 4 is 35.7 Å². The summed E-state index contributed by atoms with van der Waals surface area (Å²) < 4.78 is 34.7. The Morgan fingerprint density at radius 2 is 0.892 bits per heavy atom. The number of hydrogen-bond acceptors (Lipinski definition) is 16. The van der Waals surface area contributed by atoms with E-state index in [1.165, 1.54) is 0 Å². The van der Waals surface area contributed by atoms with Crippen molar-refractivity contribution in [2.24, 2.45) is 23.3 Å². The average molecular weight is 1020 g/mol. The van der Waals surface area contributed by atoms with E-state index < -0.39 is 96.5 Å². The van der Waals surface area contributed by atoms with Crippen LogP contribution < -0.4 is 22.1 Å². The van der Waals surface area contributed by atoms with E-state index in [1.807, 2.05) is 24.3 Å². The Hall–Kier alpha value is -6.54. The zero-order valence-electron chi connectivity index (χ0n) is 42.3. The number of fused-ring (bicyclic) bond motifs is 2. The molecule has 0 saturated carbocycles. The minimum atomic E-state index is -2.11. The van der Waals surface area contributed by atoms with E-state index in [0.717, 1.165) is 11.1 Å². The number of rotatable bonds is 27. The summed E-state index contributed by atoms with van der Waals surface area (Å²) >= 11 is 0. The normalized spacial score (nSPS) is 19.2. The number of esters is 4. The van der Waals surface area contributed by atoms with E-state index >= 15 is 0 Å². The number of aliphatic hydroxyl groups excluding tert-OH is 2. The van der Waals surface area contributed by atoms with Crippen molar-refractivity contribution in [2.45, 2.75) is 140 Å². The summed E-state index contributed by atoms with van der Waals surface area (Å²) in [5, 5.41) is 30.2. The van der Waals surface area contributed by atoms with Gasteiger partial charge in [0.2, 0.25) is 0 Å². The first-order valence-electron chi connectivity index (χ1n) is 25.2. The molecule has 10 atom stereocenters. The first kappa shape index (κ1) is 56.8. The number of aliphatic hydroxyl groups is 2. The predicted octanol–water partition coefficient (Wildman–Crippen LogP) is 4.14. The predicted molar refractivity (Wildman–Crippen MR) is 270 cm³/mol. The topological polar surface area (TPSA) is 274 Å². The second-order valence-electron chi connectivity index (χ2n) is 19.3. The molecule has 0 spiro atoms. The minimum Gasteiger partial charge on any atom is -0.465 e. The van der Waals surface area contributed by atoms with Crippen LogP contribution in [-0.2, 0) is 83.2 Å². The SMILES string of the molecule is CC(C)[C@H](N)C(=O)OCCCC(=O)OC1Cc2ccccc2C1NC(=O)C(OCc1ccccc1)C(O)C(O)C(OCc1ccccc1)C(=O)NC1c2ccccc2CC1OC(=O)CCCOC(=O)[C@@H](N)C(C)C. The van der Waals surface area contributed by atoms with Gasteiger partial charge in [0, 0.05) is 25.7 Å². The van der Waals surface area contributed by atoms with Crippen molar-refractivity contribution in [3.8, 4) is 0 Å². The average Bonchev–Trinajstić information content (AvgIpc) is 3.91. The molecule has 0 bridgehead atoms. The highest BCUT2D eigenvalue weighted by atomic mass is 16.6. The van der Waals surface area contributed by atoms with Gasteiger partial charge in [0.25, 0.3) is 11.8 Å². The van der Waals surface area contributed by atoms with Crippen molar-refractivity contribution in [3.05, 3.63) is 143 Å². The first-order chi connectivity index (χ1) is 35.5. The maximum Gasteiger partial charge on any atom is 0.323 e. The molecule has 0 aliphatic heterocycles. The van der Waals surface area contributed by atoms with E-state index in [9.17, 15) is 39.0 Å². The molecular weight excluding hydrogens is 953 g/mol. The fourth-order valence-electron chi connectivity index (χ4n) is 8.66. The van der Waals surface area contributed by atoms with Gasteiger partial charge in [-0.15, -0.1) is 0 Å². The van der Waals surface area contributed by atoms with Crippen LogP contribution >= 0.6 is 0 Å². The van der Waals surface area contributed by atoms with Crippen LogP contribution in [0.3, 0.4) is 0 Å². The molecular formula is C56H70N4O14. The number of carbonyl (C=O) groups is 6. The molecule has 8 unspecified atom stereocenters. The minimum absolute atomic E-state index is 0.0491. The van der Waals surface area contributed by atoms with Gasteiger partial charge in [-0.05, 0) is 58.1 Å². The summed E-state index contributed by atoms with van der Waals surface area (Å²) in [6.45, 7) is 6.69. The maximum atomic E-state index is 14.7. The first-order valence-corrected chi connectivity index (χ1v) is 25.2. The van der Waals surface area contributed by atoms with Crippen LogP contribution in [0, 0.1) is 11.8 Å². The molecule has 4 aromatic rings. The number of nitrogens with one attached hydrogen (secondary N) is 2. The van der Waals surface area contributed by atoms with Crippen molar-refractivity contribution in [2.75, 3.05) is 13.2 Å². The second kappa shape index (κ2) is 27.7. The lowest BCUT2D eigenvalue weighted by Crippen LogP contribution is -2.57. The third kappa shape index (κ3) is 15.7. The molecule has 2 aliphatic carbocycles. The summed E-state index contributed by atoms with van der Waals surface area (Å²) in [6, 6.07) is 28.6. The zero-order chi connectivity index (χ0) is 53.3. The van der Waals surface area contributed by atoms with Crippen molar-refractivity contribution in [3.63, 3.8) is 0 Å². The lowest BCUT2D eigenvalue weighted by Gasteiger charge is -2.33. The second-order valence-corrected chi connectivity index (χ2v) is 19.3. The molecule has 0 heterocycles. The number of carbonyl (C=O) groups excluding carboxylic acids is 6. The molecule has 0 saturated heterocycles. The van der Waals surface area contributed by atoms with E-state index in [4.69, 9.17) is 39.9 Å². The summed E-state index contributed by atoms with van der Waals surface area (Å²) in [6.07, 6.45) is -9.05. The molecule has 2 aliphatic rings. The Balaban J connectivity index is 1.20. The molecule has 0 aromatic heterocycles. The third-order valence-corrected chi connectivity index (χ3v) is 13.1. The molecule has 398 valence electrons. The van der Waals surface area contributed by atoms with Gasteiger partial charge in [-0.3, -0.25) is 28.8 Å². The Bertz CT molecular complexity index is 2320. The van der Waals surface area contributed by atoms with Crippen molar-refractivity contribution in [1.29, 1.82) is 0 Å². The molecule has 18 nitrogen and oxygen atoms in total. The Morgan fingerprint density at radius 3 is 1.26 bits per heavy atom. The van der Waals surface area contributed by atoms with Gasteiger partial charge >= 0.3 is 23.9 Å². The third-order valence-electron chi connectivity index (χ3n) is 13.1. The molecule has 6 rings (SSSR count). The smallest absolute Gasteiger partial charge is 0.323 e. The van der Waals surface area contributed by atoms with E-state index in [1.54, 1.807) is 113 Å². The van der Waals surface area contributed by atoms with Gasteiger partial charge < -0.3 is 60.7 Å². The molecule has 18 heteroatoms. The number of benzene rings is 4. The van der Waals surface area contributed by atoms with Crippen LogP contribution in [0.15, 0.2) is 109 Å². The van der Waals surface area contributed by atoms with E-state index in [-0.39, 0.29) is 76.8 Å². The molecule has 0 radical (unpaired) electrons. The van der Waals surface area contributed by atoms with Gasteiger partial charge in [-0.1, -0.05) is 137 Å². The van der Waals surface area contributed by atoms with Gasteiger partial charge in [-0.2, -0.15) is 0 Å². The molecule has 2 amide bonds. The summed E-state index contributed by atoms with van der Waals surface area (Å²) in [5.41, 5.74) is 15.9. The molecule has 0 fully saturated rings. The van der Waals surface area contributed by atoms with Crippen LogP contribution in [0.5, 0.6) is 0 Å².